The van der Waals surface area contributed by atoms with Crippen LogP contribution in [0.4, 0.5) is 0 Å². The number of ketones is 4. The van der Waals surface area contributed by atoms with Gasteiger partial charge in [-0.1, -0.05) is 6.07 Å². The van der Waals surface area contributed by atoms with Crippen LogP contribution in [0.15, 0.2) is 18.2 Å². The van der Waals surface area contributed by atoms with Gasteiger partial charge in [-0.15, -0.1) is 0 Å². The molecule has 23 heavy (non-hydrogen) atoms. The number of ether oxygens (including phenoxy) is 1. The smallest absolute Gasteiger partial charge is 0.232 e. The predicted molar refractivity (Wildman–Crippen MR) is 76.9 cm³/mol. The zero-order valence-electron chi connectivity index (χ0n) is 12.6. The van der Waals surface area contributed by atoms with Crippen molar-refractivity contribution in [2.45, 2.75) is 32.5 Å². The topological polar surface area (TPSA) is 118 Å². The molecule has 7 heteroatoms. The van der Waals surface area contributed by atoms with Crippen LogP contribution in [0.25, 0.3) is 0 Å². The van der Waals surface area contributed by atoms with Crippen molar-refractivity contribution in [2.24, 2.45) is 5.92 Å². The van der Waals surface area contributed by atoms with Crippen molar-refractivity contribution in [1.29, 1.82) is 0 Å². The number of phenols is 2. The Hall–Kier alpha value is -2.54. The molecule has 3 unspecified atom stereocenters. The summed E-state index contributed by atoms with van der Waals surface area (Å²) in [5.74, 6) is -4.99. The first kappa shape index (κ1) is 16.8. The number of Topliss-reactive ketones (excluding diaryl/α,β-unsaturated/α-hetero) is 4. The lowest BCUT2D eigenvalue weighted by atomic mass is 9.83. The Balaban J connectivity index is 2.28. The maximum Gasteiger partial charge on any atom is 0.232 e. The average Bonchev–Trinajstić information content (AvgIpc) is 2.45. The third kappa shape index (κ3) is 3.29. The van der Waals surface area contributed by atoms with Gasteiger partial charge in [0.1, 0.15) is 17.8 Å². The van der Waals surface area contributed by atoms with Gasteiger partial charge in [0.15, 0.2) is 17.3 Å². The van der Waals surface area contributed by atoms with Gasteiger partial charge in [0.05, 0.1) is 12.5 Å². The molecule has 0 spiro atoms. The SMILES string of the molecule is CC(=O)CC(=O)C1C(=O)C(=O)C(c2ccc(O)c(O)c2)OC1C. The molecule has 122 valence electrons. The second-order valence-electron chi connectivity index (χ2n) is 5.52. The molecule has 7 nitrogen and oxygen atoms in total. The van der Waals surface area contributed by atoms with Gasteiger partial charge in [0, 0.05) is 0 Å². The molecule has 2 N–H and O–H groups in total. The number of hydrogen-bond donors (Lipinski definition) is 2. The molecule has 1 aliphatic heterocycles. The fourth-order valence-electron chi connectivity index (χ4n) is 2.55. The molecule has 0 aromatic heterocycles. The van der Waals surface area contributed by atoms with E-state index in [1.54, 1.807) is 0 Å². The van der Waals surface area contributed by atoms with Crippen molar-refractivity contribution in [3.8, 4) is 11.5 Å². The zero-order chi connectivity index (χ0) is 17.3. The molecule has 0 saturated carbocycles. The van der Waals surface area contributed by atoms with Gasteiger partial charge in [0.2, 0.25) is 11.6 Å². The average molecular weight is 320 g/mol. The summed E-state index contributed by atoms with van der Waals surface area (Å²) in [5, 5.41) is 18.8. The standard InChI is InChI=1S/C16H16O7/c1-7(17)5-12(20)13-8(2)23-16(15(22)14(13)21)9-3-4-10(18)11(19)6-9/h3-4,6,8,13,16,18-19H,5H2,1-2H3. The van der Waals surface area contributed by atoms with Crippen molar-refractivity contribution in [2.75, 3.05) is 0 Å². The number of benzene rings is 1. The van der Waals surface area contributed by atoms with E-state index in [2.05, 4.69) is 0 Å². The molecule has 1 aliphatic rings. The summed E-state index contributed by atoms with van der Waals surface area (Å²) in [6.07, 6.45) is -2.57. The van der Waals surface area contributed by atoms with E-state index in [4.69, 9.17) is 4.74 Å². The summed E-state index contributed by atoms with van der Waals surface area (Å²) < 4.78 is 5.47. The van der Waals surface area contributed by atoms with Crippen LogP contribution in [-0.2, 0) is 23.9 Å². The van der Waals surface area contributed by atoms with Crippen LogP contribution in [0.2, 0.25) is 0 Å². The molecule has 3 atom stereocenters. The van der Waals surface area contributed by atoms with Crippen LogP contribution in [0.5, 0.6) is 11.5 Å². The summed E-state index contributed by atoms with van der Waals surface area (Å²) in [4.78, 5) is 47.4. The number of hydrogen-bond acceptors (Lipinski definition) is 7. The van der Waals surface area contributed by atoms with E-state index in [9.17, 15) is 29.4 Å². The minimum Gasteiger partial charge on any atom is -0.504 e. The molecule has 2 rings (SSSR count). The number of aromatic hydroxyl groups is 2. The molecule has 1 aromatic carbocycles. The highest BCUT2D eigenvalue weighted by molar-refractivity contribution is 6.44. The first-order valence-electron chi connectivity index (χ1n) is 7.00. The van der Waals surface area contributed by atoms with Crippen LogP contribution in [0, 0.1) is 5.92 Å². The van der Waals surface area contributed by atoms with Gasteiger partial charge in [-0.05, 0) is 31.5 Å². The number of rotatable bonds is 4. The van der Waals surface area contributed by atoms with E-state index in [1.165, 1.54) is 26.0 Å². The number of carbonyl (C=O) groups excluding carboxylic acids is 4. The van der Waals surface area contributed by atoms with E-state index >= 15 is 0 Å². The fourth-order valence-corrected chi connectivity index (χ4v) is 2.55. The molecule has 0 amide bonds. The second-order valence-corrected chi connectivity index (χ2v) is 5.52. The van der Waals surface area contributed by atoms with E-state index < -0.39 is 53.4 Å². The van der Waals surface area contributed by atoms with Crippen LogP contribution in [0.3, 0.4) is 0 Å². The van der Waals surface area contributed by atoms with Crippen molar-refractivity contribution in [3.63, 3.8) is 0 Å². The molecule has 0 aliphatic carbocycles. The minimum atomic E-state index is -1.30. The highest BCUT2D eigenvalue weighted by atomic mass is 16.5. The molecule has 1 fully saturated rings. The van der Waals surface area contributed by atoms with Crippen molar-refractivity contribution < 1.29 is 34.1 Å². The normalized spacial score (nSPS) is 24.5. The van der Waals surface area contributed by atoms with Gasteiger partial charge in [0.25, 0.3) is 0 Å². The first-order valence-corrected chi connectivity index (χ1v) is 7.00. The largest absolute Gasteiger partial charge is 0.504 e. The summed E-state index contributed by atoms with van der Waals surface area (Å²) in [5.41, 5.74) is 0.197. The van der Waals surface area contributed by atoms with Gasteiger partial charge < -0.3 is 14.9 Å². The summed E-state index contributed by atoms with van der Waals surface area (Å²) in [7, 11) is 0. The van der Waals surface area contributed by atoms with E-state index in [0.29, 0.717) is 0 Å². The summed E-state index contributed by atoms with van der Waals surface area (Å²) in [6, 6.07) is 3.63. The van der Waals surface area contributed by atoms with Gasteiger partial charge in [-0.25, -0.2) is 0 Å². The lowest BCUT2D eigenvalue weighted by Crippen LogP contribution is -2.47. The van der Waals surface area contributed by atoms with Gasteiger partial charge in [-0.3, -0.25) is 19.2 Å². The van der Waals surface area contributed by atoms with E-state index in [-0.39, 0.29) is 11.3 Å². The van der Waals surface area contributed by atoms with Crippen LogP contribution in [-0.4, -0.2) is 39.5 Å². The third-order valence-electron chi connectivity index (χ3n) is 3.66. The Morgan fingerprint density at radius 2 is 1.78 bits per heavy atom. The lowest BCUT2D eigenvalue weighted by Gasteiger charge is -2.31. The highest BCUT2D eigenvalue weighted by Crippen LogP contribution is 2.34. The van der Waals surface area contributed by atoms with E-state index in [0.717, 1.165) is 6.07 Å². The first-order chi connectivity index (χ1) is 10.7. The zero-order valence-corrected chi connectivity index (χ0v) is 12.6. The van der Waals surface area contributed by atoms with Gasteiger partial charge >= 0.3 is 0 Å². The highest BCUT2D eigenvalue weighted by Gasteiger charge is 2.46. The molecule has 1 heterocycles. The minimum absolute atomic E-state index is 0.197. The van der Waals surface area contributed by atoms with Gasteiger partial charge in [-0.2, -0.15) is 0 Å². The lowest BCUT2D eigenvalue weighted by molar-refractivity contribution is -0.165. The molecule has 0 radical (unpaired) electrons. The fraction of sp³-hybridized carbons (Fsp3) is 0.375. The van der Waals surface area contributed by atoms with Crippen molar-refractivity contribution in [1.82, 2.24) is 0 Å². The van der Waals surface area contributed by atoms with Crippen molar-refractivity contribution in [3.05, 3.63) is 23.8 Å². The summed E-state index contributed by atoms with van der Waals surface area (Å²) in [6.45, 7) is 2.70. The maximum atomic E-state index is 12.2. The number of phenolic OH excluding ortho intramolecular Hbond substituents is 2. The van der Waals surface area contributed by atoms with Crippen LogP contribution < -0.4 is 0 Å². The molecule has 1 saturated heterocycles. The monoisotopic (exact) mass is 320 g/mol. The maximum absolute atomic E-state index is 12.2. The Bertz CT molecular complexity index is 692. The Morgan fingerprint density at radius 1 is 1.13 bits per heavy atom. The Morgan fingerprint density at radius 3 is 2.35 bits per heavy atom. The predicted octanol–water partition coefficient (Wildman–Crippen LogP) is 0.860. The Kier molecular flexibility index (Phi) is 4.60. The Labute approximate surface area is 131 Å². The van der Waals surface area contributed by atoms with E-state index in [1.807, 2.05) is 0 Å². The number of carbonyl (C=O) groups is 4. The third-order valence-corrected chi connectivity index (χ3v) is 3.66. The summed E-state index contributed by atoms with van der Waals surface area (Å²) >= 11 is 0. The molecular formula is C16H16O7. The van der Waals surface area contributed by atoms with Crippen LogP contribution >= 0.6 is 0 Å². The molecule has 1 aromatic rings. The molecular weight excluding hydrogens is 304 g/mol. The second kappa shape index (κ2) is 6.29. The van der Waals surface area contributed by atoms with Crippen molar-refractivity contribution >= 4 is 23.1 Å². The molecule has 0 bridgehead atoms. The van der Waals surface area contributed by atoms with Crippen LogP contribution in [0.1, 0.15) is 31.9 Å². The quantitative estimate of drug-likeness (QED) is 0.480.